The Kier molecular flexibility index (Phi) is 13.9. The van der Waals surface area contributed by atoms with E-state index in [1.165, 1.54) is 42.7 Å². The van der Waals surface area contributed by atoms with Gasteiger partial charge in [-0.05, 0) is 69.0 Å². The smallest absolute Gasteiger partial charge is 0.393 e. The molecule has 0 aromatic heterocycles. The van der Waals surface area contributed by atoms with Gasteiger partial charge in [-0.1, -0.05) is 48.5 Å². The summed E-state index contributed by atoms with van der Waals surface area (Å²) in [5.41, 5.74) is 0. The van der Waals surface area contributed by atoms with Gasteiger partial charge < -0.3 is 13.1 Å². The fourth-order valence-electron chi connectivity index (χ4n) is 4.86. The average molecular weight is 418 g/mol. The van der Waals surface area contributed by atoms with Crippen LogP contribution in [0.5, 0.6) is 0 Å². The second-order valence-electron chi connectivity index (χ2n) is 7.68. The Hall–Kier alpha value is 0.531. The lowest BCUT2D eigenvalue weighted by atomic mass is 10.1. The third-order valence-corrected chi connectivity index (χ3v) is 21.3. The van der Waals surface area contributed by atoms with Gasteiger partial charge in [-0.3, -0.25) is 0 Å². The van der Waals surface area contributed by atoms with Crippen LogP contribution in [0.25, 0.3) is 0 Å². The van der Waals surface area contributed by atoms with Crippen molar-refractivity contribution in [1.29, 1.82) is 0 Å². The molecule has 2 radical (unpaired) electrons. The van der Waals surface area contributed by atoms with E-state index in [4.69, 9.17) is 8.85 Å². The minimum atomic E-state index is -1.42. The van der Waals surface area contributed by atoms with Gasteiger partial charge in [0.05, 0.1) is 0 Å². The molecule has 2 unspecified atom stereocenters. The van der Waals surface area contributed by atoms with Gasteiger partial charge in [0.15, 0.2) is 0 Å². The van der Waals surface area contributed by atoms with E-state index in [1.54, 1.807) is 0 Å². The summed E-state index contributed by atoms with van der Waals surface area (Å²) in [7, 11) is -2.66. The molecule has 156 valence electrons. The fraction of sp³-hybridized carbons (Fsp3) is 1.00. The zero-order valence-corrected chi connectivity index (χ0v) is 22.3. The number of hydrogen-bond acceptors (Lipinski definition) is 3. The molecule has 0 saturated heterocycles. The van der Waals surface area contributed by atoms with E-state index in [1.807, 2.05) is 6.92 Å². The highest BCUT2D eigenvalue weighted by molar-refractivity contribution is 6.92. The quantitative estimate of drug-likeness (QED) is 0.213. The summed E-state index contributed by atoms with van der Waals surface area (Å²) in [6, 6.07) is 9.02. The maximum absolute atomic E-state index is 6.00. The standard InChI is InChI=1S/C20H47NO2Si3/c1-10-20(18-19(9)23-24-22-11-2)21(25(12-3,13-4)14-5)26(15-6,16-7)17-8/h19-20H,10-18H2,1-9H3. The van der Waals surface area contributed by atoms with Crippen LogP contribution in [0.1, 0.15) is 75.2 Å². The normalized spacial score (nSPS) is 15.5. The maximum atomic E-state index is 6.00. The van der Waals surface area contributed by atoms with Crippen LogP contribution in [-0.4, -0.2) is 49.5 Å². The van der Waals surface area contributed by atoms with Gasteiger partial charge in [0.1, 0.15) is 16.5 Å². The molecule has 6 heteroatoms. The molecule has 0 aromatic rings. The molecule has 2 atom stereocenters. The van der Waals surface area contributed by atoms with Crippen molar-refractivity contribution in [3.63, 3.8) is 0 Å². The van der Waals surface area contributed by atoms with Crippen LogP contribution >= 0.6 is 0 Å². The van der Waals surface area contributed by atoms with Gasteiger partial charge >= 0.3 is 10.0 Å². The van der Waals surface area contributed by atoms with E-state index in [2.05, 4.69) is 59.6 Å². The van der Waals surface area contributed by atoms with Gasteiger partial charge in [-0.2, -0.15) is 0 Å². The Balaban J connectivity index is 5.79. The highest BCUT2D eigenvalue weighted by Crippen LogP contribution is 2.39. The van der Waals surface area contributed by atoms with E-state index >= 15 is 0 Å². The molecule has 0 amide bonds. The summed E-state index contributed by atoms with van der Waals surface area (Å²) in [6.45, 7) is 22.2. The lowest BCUT2D eigenvalue weighted by molar-refractivity contribution is 0.146. The van der Waals surface area contributed by atoms with Crippen molar-refractivity contribution >= 4 is 26.5 Å². The zero-order valence-electron chi connectivity index (χ0n) is 19.3. The molecular formula is C20H47NO2Si3. The molecule has 0 aliphatic heterocycles. The van der Waals surface area contributed by atoms with E-state index in [9.17, 15) is 0 Å². The van der Waals surface area contributed by atoms with Gasteiger partial charge in [0, 0.05) is 12.7 Å². The van der Waals surface area contributed by atoms with Gasteiger partial charge in [-0.25, -0.2) is 0 Å². The Morgan fingerprint density at radius 3 is 1.50 bits per heavy atom. The summed E-state index contributed by atoms with van der Waals surface area (Å²) in [6.07, 6.45) is 2.68. The minimum absolute atomic E-state index is 0.186. The molecular weight excluding hydrogens is 370 g/mol. The van der Waals surface area contributed by atoms with E-state index in [-0.39, 0.29) is 16.1 Å². The third-order valence-electron chi connectivity index (χ3n) is 6.86. The van der Waals surface area contributed by atoms with Gasteiger partial charge in [0.2, 0.25) is 0 Å². The molecule has 0 saturated carbocycles. The van der Waals surface area contributed by atoms with Crippen LogP contribution in [0, 0.1) is 0 Å². The van der Waals surface area contributed by atoms with Crippen molar-refractivity contribution in [1.82, 2.24) is 4.23 Å². The molecule has 0 heterocycles. The lowest BCUT2D eigenvalue weighted by Gasteiger charge is -2.56. The van der Waals surface area contributed by atoms with E-state index in [0.717, 1.165) is 13.0 Å². The monoisotopic (exact) mass is 417 g/mol. The first-order valence-electron chi connectivity index (χ1n) is 11.2. The summed E-state index contributed by atoms with van der Waals surface area (Å²) in [5.74, 6) is 0. The predicted octanol–water partition coefficient (Wildman–Crippen LogP) is 6.44. The van der Waals surface area contributed by atoms with Crippen LogP contribution in [0.3, 0.4) is 0 Å². The average Bonchev–Trinajstić information content (AvgIpc) is 2.68. The minimum Gasteiger partial charge on any atom is -0.393 e. The van der Waals surface area contributed by atoms with Crippen molar-refractivity contribution in [2.24, 2.45) is 0 Å². The predicted molar refractivity (Wildman–Crippen MR) is 123 cm³/mol. The van der Waals surface area contributed by atoms with Crippen molar-refractivity contribution in [3.8, 4) is 0 Å². The molecule has 26 heavy (non-hydrogen) atoms. The van der Waals surface area contributed by atoms with Gasteiger partial charge in [-0.15, -0.1) is 0 Å². The molecule has 3 nitrogen and oxygen atoms in total. The molecule has 0 spiro atoms. The Bertz CT molecular complexity index is 313. The van der Waals surface area contributed by atoms with Crippen molar-refractivity contribution in [2.45, 2.75) is 124 Å². The van der Waals surface area contributed by atoms with Crippen LogP contribution in [0.4, 0.5) is 0 Å². The van der Waals surface area contributed by atoms with Crippen LogP contribution < -0.4 is 0 Å². The van der Waals surface area contributed by atoms with E-state index < -0.39 is 16.5 Å². The van der Waals surface area contributed by atoms with Crippen LogP contribution in [-0.2, 0) is 8.85 Å². The summed E-state index contributed by atoms with van der Waals surface area (Å²) in [5, 5.41) is 0. The Morgan fingerprint density at radius 2 is 1.19 bits per heavy atom. The van der Waals surface area contributed by atoms with Crippen molar-refractivity contribution in [2.75, 3.05) is 6.61 Å². The first-order valence-corrected chi connectivity index (χ1v) is 17.2. The first kappa shape index (κ1) is 26.5. The highest BCUT2D eigenvalue weighted by atomic mass is 28.4. The first-order chi connectivity index (χ1) is 12.4. The van der Waals surface area contributed by atoms with Crippen LogP contribution in [0.2, 0.25) is 36.3 Å². The number of hydrogen-bond donors (Lipinski definition) is 0. The van der Waals surface area contributed by atoms with Crippen molar-refractivity contribution in [3.05, 3.63) is 0 Å². The summed E-state index contributed by atoms with van der Waals surface area (Å²) >= 11 is 0. The fourth-order valence-corrected chi connectivity index (χ4v) is 19.3. The second-order valence-corrected chi connectivity index (χ2v) is 18.9. The number of nitrogens with zero attached hydrogens (tertiary/aromatic N) is 1. The van der Waals surface area contributed by atoms with Crippen LogP contribution in [0.15, 0.2) is 0 Å². The highest BCUT2D eigenvalue weighted by Gasteiger charge is 2.48. The third kappa shape index (κ3) is 6.55. The second kappa shape index (κ2) is 13.7. The number of rotatable bonds is 16. The maximum Gasteiger partial charge on any atom is 0.433 e. The molecule has 0 N–H and O–H groups in total. The largest absolute Gasteiger partial charge is 0.433 e. The topological polar surface area (TPSA) is 21.7 Å². The lowest BCUT2D eigenvalue weighted by Crippen LogP contribution is -2.69. The molecule has 0 bridgehead atoms. The molecule has 0 aromatic carbocycles. The Labute approximate surface area is 169 Å². The molecule has 0 rings (SSSR count). The van der Waals surface area contributed by atoms with Gasteiger partial charge in [0.25, 0.3) is 0 Å². The van der Waals surface area contributed by atoms with Crippen molar-refractivity contribution < 1.29 is 8.85 Å². The van der Waals surface area contributed by atoms with E-state index in [0.29, 0.717) is 6.04 Å². The Morgan fingerprint density at radius 1 is 0.769 bits per heavy atom. The summed E-state index contributed by atoms with van der Waals surface area (Å²) < 4.78 is 14.7. The summed E-state index contributed by atoms with van der Waals surface area (Å²) in [4.78, 5) is 0. The zero-order chi connectivity index (χ0) is 20.2. The molecule has 0 aliphatic carbocycles. The molecule has 0 fully saturated rings. The molecule has 0 aliphatic rings. The SMILES string of the molecule is CCO[Si]OC(C)CC(CC)N([Si](CC)(CC)CC)[Si](CC)(CC)CC.